The van der Waals surface area contributed by atoms with Crippen LogP contribution in [0.3, 0.4) is 0 Å². The largest absolute Gasteiger partial charge is 0.494 e. The van der Waals surface area contributed by atoms with Crippen molar-refractivity contribution in [3.8, 4) is 17.2 Å². The van der Waals surface area contributed by atoms with E-state index in [0.717, 1.165) is 5.56 Å². The summed E-state index contributed by atoms with van der Waals surface area (Å²) in [5, 5.41) is 0. The zero-order chi connectivity index (χ0) is 10.7. The highest BCUT2D eigenvalue weighted by atomic mass is 16.5. The third-order valence-corrected chi connectivity index (χ3v) is 2.08. The molecule has 0 aliphatic heterocycles. The van der Waals surface area contributed by atoms with Gasteiger partial charge in [-0.05, 0) is 6.92 Å². The molecule has 0 spiro atoms. The zero-order valence-electron chi connectivity index (χ0n) is 8.88. The fraction of sp³-hybridized carbons (Fsp3) is 0.400. The molecular formula is C10H15NO3. The molecule has 14 heavy (non-hydrogen) atoms. The van der Waals surface area contributed by atoms with Crippen molar-refractivity contribution in [3.63, 3.8) is 0 Å². The number of nitrogen functional groups attached to an aromatic ring is 1. The monoisotopic (exact) mass is 197 g/mol. The van der Waals surface area contributed by atoms with Crippen molar-refractivity contribution in [3.05, 3.63) is 11.6 Å². The topological polar surface area (TPSA) is 53.7 Å². The molecule has 4 nitrogen and oxygen atoms in total. The van der Waals surface area contributed by atoms with E-state index < -0.39 is 0 Å². The molecular weight excluding hydrogens is 182 g/mol. The van der Waals surface area contributed by atoms with Crippen molar-refractivity contribution < 1.29 is 14.2 Å². The van der Waals surface area contributed by atoms with Crippen molar-refractivity contribution in [2.45, 2.75) is 6.92 Å². The number of rotatable bonds is 3. The lowest BCUT2D eigenvalue weighted by atomic mass is 10.1. The van der Waals surface area contributed by atoms with Crippen molar-refractivity contribution in [1.29, 1.82) is 0 Å². The zero-order valence-corrected chi connectivity index (χ0v) is 8.88. The second-order valence-corrected chi connectivity index (χ2v) is 2.86. The summed E-state index contributed by atoms with van der Waals surface area (Å²) in [6.45, 7) is 1.87. The van der Waals surface area contributed by atoms with Crippen LogP contribution in [0, 0.1) is 6.92 Å². The van der Waals surface area contributed by atoms with Crippen LogP contribution in [0.25, 0.3) is 0 Å². The molecule has 0 aliphatic carbocycles. The number of ether oxygens (including phenoxy) is 3. The Bertz CT molecular complexity index is 337. The van der Waals surface area contributed by atoms with Gasteiger partial charge in [-0.3, -0.25) is 0 Å². The summed E-state index contributed by atoms with van der Waals surface area (Å²) in [6, 6.07) is 1.69. The van der Waals surface area contributed by atoms with E-state index in [1.807, 2.05) is 6.92 Å². The number of nitrogens with two attached hydrogens (primary N) is 1. The molecule has 0 amide bonds. The van der Waals surface area contributed by atoms with Crippen LogP contribution in [0.5, 0.6) is 17.2 Å². The Morgan fingerprint density at radius 2 is 1.57 bits per heavy atom. The highest BCUT2D eigenvalue weighted by Crippen LogP contribution is 2.40. The van der Waals surface area contributed by atoms with Gasteiger partial charge >= 0.3 is 0 Å². The smallest absolute Gasteiger partial charge is 0.167 e. The van der Waals surface area contributed by atoms with Gasteiger partial charge in [0.2, 0.25) is 0 Å². The summed E-state index contributed by atoms with van der Waals surface area (Å²) in [5.41, 5.74) is 7.16. The van der Waals surface area contributed by atoms with Gasteiger partial charge in [0.1, 0.15) is 5.75 Å². The number of benzene rings is 1. The Hall–Kier alpha value is -1.58. The van der Waals surface area contributed by atoms with Gasteiger partial charge in [0.25, 0.3) is 0 Å². The molecule has 0 aliphatic rings. The van der Waals surface area contributed by atoms with Gasteiger partial charge in [-0.15, -0.1) is 0 Å². The predicted molar refractivity (Wildman–Crippen MR) is 55.2 cm³/mol. The third-order valence-electron chi connectivity index (χ3n) is 2.08. The van der Waals surface area contributed by atoms with E-state index in [2.05, 4.69) is 0 Å². The Morgan fingerprint density at radius 1 is 1.00 bits per heavy atom. The molecule has 0 atom stereocenters. The van der Waals surface area contributed by atoms with E-state index in [4.69, 9.17) is 19.9 Å². The second-order valence-electron chi connectivity index (χ2n) is 2.86. The van der Waals surface area contributed by atoms with Gasteiger partial charge in [0, 0.05) is 11.6 Å². The average molecular weight is 197 g/mol. The molecule has 0 aromatic heterocycles. The van der Waals surface area contributed by atoms with Crippen LogP contribution in [0.1, 0.15) is 5.56 Å². The quantitative estimate of drug-likeness (QED) is 0.748. The molecule has 1 aromatic carbocycles. The van der Waals surface area contributed by atoms with E-state index in [9.17, 15) is 0 Å². The minimum atomic E-state index is 0.544. The normalized spacial score (nSPS) is 9.71. The standard InChI is InChI=1S/C10H15NO3/c1-6-9(13-3)7(11)5-8(12-2)10(6)14-4/h5H,11H2,1-4H3. The van der Waals surface area contributed by atoms with E-state index in [-0.39, 0.29) is 0 Å². The Balaban J connectivity index is 3.39. The molecule has 0 bridgehead atoms. The average Bonchev–Trinajstić information content (AvgIpc) is 2.17. The van der Waals surface area contributed by atoms with Crippen molar-refractivity contribution in [2.75, 3.05) is 27.1 Å². The van der Waals surface area contributed by atoms with Gasteiger partial charge in [-0.1, -0.05) is 0 Å². The Labute approximate surface area is 83.6 Å². The fourth-order valence-electron chi connectivity index (χ4n) is 1.45. The Kier molecular flexibility index (Phi) is 3.06. The highest BCUT2D eigenvalue weighted by Gasteiger charge is 2.15. The molecule has 0 saturated carbocycles. The van der Waals surface area contributed by atoms with E-state index in [1.54, 1.807) is 27.4 Å². The lowest BCUT2D eigenvalue weighted by molar-refractivity contribution is 0.346. The van der Waals surface area contributed by atoms with Crippen LogP contribution < -0.4 is 19.9 Å². The molecule has 1 aromatic rings. The van der Waals surface area contributed by atoms with Crippen LogP contribution in [0.2, 0.25) is 0 Å². The van der Waals surface area contributed by atoms with Crippen LogP contribution in [0.4, 0.5) is 5.69 Å². The minimum absolute atomic E-state index is 0.544. The summed E-state index contributed by atoms with van der Waals surface area (Å²) in [4.78, 5) is 0. The number of anilines is 1. The van der Waals surface area contributed by atoms with E-state index in [1.165, 1.54) is 0 Å². The lowest BCUT2D eigenvalue weighted by Gasteiger charge is -2.15. The molecule has 0 unspecified atom stereocenters. The first-order valence-corrected chi connectivity index (χ1v) is 4.20. The Morgan fingerprint density at radius 3 is 2.00 bits per heavy atom. The van der Waals surface area contributed by atoms with Gasteiger partial charge in [0.15, 0.2) is 11.5 Å². The summed E-state index contributed by atoms with van der Waals surface area (Å²) in [6.07, 6.45) is 0. The molecule has 78 valence electrons. The molecule has 0 heterocycles. The molecule has 4 heteroatoms. The second kappa shape index (κ2) is 4.09. The summed E-state index contributed by atoms with van der Waals surface area (Å²) in [7, 11) is 4.73. The maximum absolute atomic E-state index is 5.77. The van der Waals surface area contributed by atoms with Crippen molar-refractivity contribution >= 4 is 5.69 Å². The van der Waals surface area contributed by atoms with Crippen LogP contribution in [-0.2, 0) is 0 Å². The first-order chi connectivity index (χ1) is 6.65. The van der Waals surface area contributed by atoms with E-state index in [0.29, 0.717) is 22.9 Å². The van der Waals surface area contributed by atoms with Gasteiger partial charge in [-0.25, -0.2) is 0 Å². The maximum Gasteiger partial charge on any atom is 0.167 e. The predicted octanol–water partition coefficient (Wildman–Crippen LogP) is 1.60. The van der Waals surface area contributed by atoms with Gasteiger partial charge < -0.3 is 19.9 Å². The first-order valence-electron chi connectivity index (χ1n) is 4.20. The lowest BCUT2D eigenvalue weighted by Crippen LogP contribution is -2.00. The number of hydrogen-bond acceptors (Lipinski definition) is 4. The molecule has 0 radical (unpaired) electrons. The molecule has 0 saturated heterocycles. The summed E-state index contributed by atoms with van der Waals surface area (Å²) >= 11 is 0. The van der Waals surface area contributed by atoms with Gasteiger partial charge in [0.05, 0.1) is 27.0 Å². The third kappa shape index (κ3) is 1.55. The molecule has 1 rings (SSSR count). The molecule has 0 fully saturated rings. The number of methoxy groups -OCH3 is 3. The van der Waals surface area contributed by atoms with Crippen molar-refractivity contribution in [2.24, 2.45) is 0 Å². The van der Waals surface area contributed by atoms with Gasteiger partial charge in [-0.2, -0.15) is 0 Å². The van der Waals surface area contributed by atoms with E-state index >= 15 is 0 Å². The highest BCUT2D eigenvalue weighted by molar-refractivity contribution is 5.66. The maximum atomic E-state index is 5.77. The van der Waals surface area contributed by atoms with Crippen LogP contribution in [0.15, 0.2) is 6.07 Å². The number of hydrogen-bond donors (Lipinski definition) is 1. The minimum Gasteiger partial charge on any atom is -0.494 e. The van der Waals surface area contributed by atoms with Crippen LogP contribution >= 0.6 is 0 Å². The van der Waals surface area contributed by atoms with Crippen LogP contribution in [-0.4, -0.2) is 21.3 Å². The van der Waals surface area contributed by atoms with Crippen molar-refractivity contribution in [1.82, 2.24) is 0 Å². The molecule has 2 N–H and O–H groups in total. The summed E-state index contributed by atoms with van der Waals surface area (Å²) in [5.74, 6) is 1.89. The SMILES string of the molecule is COc1cc(N)c(OC)c(C)c1OC. The first kappa shape index (κ1) is 10.5. The summed E-state index contributed by atoms with van der Waals surface area (Å²) < 4.78 is 15.5. The fourth-order valence-corrected chi connectivity index (χ4v) is 1.45.